The van der Waals surface area contributed by atoms with Gasteiger partial charge in [0.1, 0.15) is 0 Å². The smallest absolute Gasteiger partial charge is 0.340 e. The van der Waals surface area contributed by atoms with Gasteiger partial charge >= 0.3 is 5.97 Å². The maximum Gasteiger partial charge on any atom is 0.340 e. The van der Waals surface area contributed by atoms with Crippen molar-refractivity contribution in [3.8, 4) is 0 Å². The average molecular weight is 397 g/mol. The number of carbonyl (C=O) groups excluding carboxylic acids is 2. The fourth-order valence-electron chi connectivity index (χ4n) is 1.90. The number of hydrogen-bond donors (Lipinski definition) is 1. The van der Waals surface area contributed by atoms with Crippen LogP contribution < -0.4 is 0 Å². The van der Waals surface area contributed by atoms with Crippen molar-refractivity contribution in [2.45, 2.75) is 10.9 Å². The zero-order valence-corrected chi connectivity index (χ0v) is 14.9. The largest absolute Gasteiger partial charge is 0.467 e. The van der Waals surface area contributed by atoms with E-state index in [4.69, 9.17) is 16.2 Å². The highest BCUT2D eigenvalue weighted by Gasteiger charge is 2.28. The molecule has 0 aromatic heterocycles. The van der Waals surface area contributed by atoms with E-state index in [1.807, 2.05) is 0 Å². The Morgan fingerprint density at radius 1 is 1.08 bits per heavy atom. The molecule has 26 heavy (non-hydrogen) atoms. The monoisotopic (exact) mass is 396 g/mol. The third-order valence-corrected chi connectivity index (χ3v) is 4.34. The highest BCUT2D eigenvalue weighted by molar-refractivity contribution is 7.85. The van der Waals surface area contributed by atoms with Crippen molar-refractivity contribution in [3.05, 3.63) is 59.1 Å². The van der Waals surface area contributed by atoms with Gasteiger partial charge < -0.3 is 4.74 Å². The molecule has 136 valence electrons. The number of carbonyl (C=O) groups is 2. The van der Waals surface area contributed by atoms with Crippen LogP contribution in [0, 0.1) is 0 Å². The first kappa shape index (κ1) is 19.7. The predicted octanol–water partition coefficient (Wildman–Crippen LogP) is 3.09. The molecule has 0 fully saturated rings. The third-order valence-electron chi connectivity index (χ3n) is 3.22. The van der Waals surface area contributed by atoms with E-state index in [2.05, 4.69) is 15.0 Å². The topological polar surface area (TPSA) is 122 Å². The molecule has 0 bridgehead atoms. The van der Waals surface area contributed by atoms with Crippen LogP contribution in [0.15, 0.2) is 63.7 Å². The number of benzene rings is 2. The summed E-state index contributed by atoms with van der Waals surface area (Å²) < 4.78 is 35.5. The minimum atomic E-state index is -4.33. The van der Waals surface area contributed by atoms with Gasteiger partial charge in [-0.25, -0.2) is 4.79 Å². The van der Waals surface area contributed by atoms with Crippen molar-refractivity contribution >= 4 is 39.2 Å². The summed E-state index contributed by atoms with van der Waals surface area (Å²) in [5, 5.41) is 7.90. The molecular formula is C16H13ClN2O6S. The summed E-state index contributed by atoms with van der Waals surface area (Å²) in [6, 6.07) is 9.08. The van der Waals surface area contributed by atoms with E-state index in [0.717, 1.165) is 19.2 Å². The lowest BCUT2D eigenvalue weighted by molar-refractivity contribution is -0.140. The fraction of sp³-hybridized carbons (Fsp3) is 0.125. The lowest BCUT2D eigenvalue weighted by Gasteiger charge is -2.08. The van der Waals surface area contributed by atoms with Crippen LogP contribution in [0.5, 0.6) is 0 Å². The van der Waals surface area contributed by atoms with E-state index in [-0.39, 0.29) is 16.1 Å². The number of halogens is 1. The molecule has 0 saturated heterocycles. The Morgan fingerprint density at radius 2 is 1.65 bits per heavy atom. The van der Waals surface area contributed by atoms with Crippen LogP contribution >= 0.6 is 11.6 Å². The molecule has 0 saturated carbocycles. The van der Waals surface area contributed by atoms with Gasteiger partial charge in [-0.1, -0.05) is 11.6 Å². The summed E-state index contributed by atoms with van der Waals surface area (Å²) in [4.78, 5) is 24.0. The first-order valence-corrected chi connectivity index (χ1v) is 8.90. The van der Waals surface area contributed by atoms with Crippen LogP contribution in [-0.2, 0) is 19.6 Å². The van der Waals surface area contributed by atoms with Crippen molar-refractivity contribution in [1.82, 2.24) is 0 Å². The van der Waals surface area contributed by atoms with Crippen LogP contribution in [0.3, 0.4) is 0 Å². The van der Waals surface area contributed by atoms with E-state index < -0.39 is 27.9 Å². The zero-order chi connectivity index (χ0) is 19.3. The molecule has 2 aromatic carbocycles. The predicted molar refractivity (Wildman–Crippen MR) is 92.4 cm³/mol. The SMILES string of the molecule is COC(=O)C(N=Nc1ccc(S(=O)(=O)O)cc1)C(=O)c1ccc(Cl)cc1. The second kappa shape index (κ2) is 8.17. The summed E-state index contributed by atoms with van der Waals surface area (Å²) in [6.07, 6.45) is 0. The first-order valence-electron chi connectivity index (χ1n) is 7.08. The van der Waals surface area contributed by atoms with Crippen molar-refractivity contribution in [1.29, 1.82) is 0 Å². The van der Waals surface area contributed by atoms with Crippen molar-refractivity contribution in [2.75, 3.05) is 7.11 Å². The molecule has 1 unspecified atom stereocenters. The molecule has 0 radical (unpaired) electrons. The summed E-state index contributed by atoms with van der Waals surface area (Å²) in [5.74, 6) is -1.53. The molecule has 1 N–H and O–H groups in total. The van der Waals surface area contributed by atoms with Crippen molar-refractivity contribution in [2.24, 2.45) is 10.2 Å². The van der Waals surface area contributed by atoms with Crippen LogP contribution in [0.25, 0.3) is 0 Å². The average Bonchev–Trinajstić information content (AvgIpc) is 2.61. The maximum atomic E-state index is 12.5. The van der Waals surface area contributed by atoms with Gasteiger partial charge in [0.05, 0.1) is 17.7 Å². The Morgan fingerprint density at radius 3 is 2.15 bits per heavy atom. The molecule has 0 aliphatic carbocycles. The number of methoxy groups -OCH3 is 1. The van der Waals surface area contributed by atoms with Gasteiger partial charge in [-0.2, -0.15) is 18.6 Å². The number of ether oxygens (including phenoxy) is 1. The van der Waals surface area contributed by atoms with Crippen LogP contribution in [-0.4, -0.2) is 37.9 Å². The van der Waals surface area contributed by atoms with Crippen molar-refractivity contribution in [3.63, 3.8) is 0 Å². The lowest BCUT2D eigenvalue weighted by atomic mass is 10.1. The number of esters is 1. The molecule has 0 aliphatic heterocycles. The number of hydrogen-bond acceptors (Lipinski definition) is 7. The van der Waals surface area contributed by atoms with Gasteiger partial charge in [0.25, 0.3) is 10.1 Å². The quantitative estimate of drug-likeness (QED) is 0.263. The van der Waals surface area contributed by atoms with Gasteiger partial charge in [0, 0.05) is 10.6 Å². The van der Waals surface area contributed by atoms with E-state index in [9.17, 15) is 18.0 Å². The molecule has 0 heterocycles. The van der Waals surface area contributed by atoms with Crippen LogP contribution in [0.1, 0.15) is 10.4 Å². The Hall–Kier alpha value is -2.62. The standard InChI is InChI=1S/C16H13ClN2O6S/c1-25-16(21)14(15(20)10-2-4-11(17)5-3-10)19-18-12-6-8-13(9-7-12)26(22,23)24/h2-9,14H,1H3,(H,22,23,24). The minimum absolute atomic E-state index is 0.176. The van der Waals surface area contributed by atoms with E-state index in [1.54, 1.807) is 0 Å². The first-order chi connectivity index (χ1) is 12.2. The van der Waals surface area contributed by atoms with Crippen LogP contribution in [0.2, 0.25) is 5.02 Å². The highest BCUT2D eigenvalue weighted by atomic mass is 35.5. The van der Waals surface area contributed by atoms with Crippen LogP contribution in [0.4, 0.5) is 5.69 Å². The maximum absolute atomic E-state index is 12.5. The molecule has 2 aromatic rings. The van der Waals surface area contributed by atoms with E-state index in [1.165, 1.54) is 36.4 Å². The van der Waals surface area contributed by atoms with Gasteiger partial charge in [0.15, 0.2) is 0 Å². The summed E-state index contributed by atoms with van der Waals surface area (Å²) in [7, 11) is -3.22. The number of azo groups is 1. The lowest BCUT2D eigenvalue weighted by Crippen LogP contribution is -2.29. The Kier molecular flexibility index (Phi) is 6.19. The second-order valence-electron chi connectivity index (χ2n) is 4.98. The number of rotatable bonds is 6. The molecule has 1 atom stereocenters. The summed E-state index contributed by atoms with van der Waals surface area (Å²) in [6.45, 7) is 0. The minimum Gasteiger partial charge on any atom is -0.467 e. The molecule has 0 amide bonds. The number of Topliss-reactive ketones (excluding diaryl/α,β-unsaturated/α-hetero) is 1. The van der Waals surface area contributed by atoms with E-state index in [0.29, 0.717) is 5.02 Å². The Labute approximate surface area is 154 Å². The third kappa shape index (κ3) is 4.94. The number of ketones is 1. The zero-order valence-electron chi connectivity index (χ0n) is 13.4. The van der Waals surface area contributed by atoms with E-state index >= 15 is 0 Å². The Balaban J connectivity index is 2.27. The highest BCUT2D eigenvalue weighted by Crippen LogP contribution is 2.19. The van der Waals surface area contributed by atoms with Crippen molar-refractivity contribution < 1.29 is 27.3 Å². The molecule has 8 nitrogen and oxygen atoms in total. The molecule has 0 aliphatic rings. The molecular weight excluding hydrogens is 384 g/mol. The summed E-state index contributed by atoms with van der Waals surface area (Å²) in [5.41, 5.74) is 0.376. The number of nitrogens with zero attached hydrogens (tertiary/aromatic N) is 2. The van der Waals surface area contributed by atoms with Gasteiger partial charge in [0.2, 0.25) is 11.8 Å². The van der Waals surface area contributed by atoms with Gasteiger partial charge in [-0.15, -0.1) is 0 Å². The second-order valence-corrected chi connectivity index (χ2v) is 6.84. The molecule has 2 rings (SSSR count). The van der Waals surface area contributed by atoms with Gasteiger partial charge in [-0.3, -0.25) is 9.35 Å². The molecule has 10 heteroatoms. The van der Waals surface area contributed by atoms with Gasteiger partial charge in [-0.05, 0) is 48.5 Å². The summed E-state index contributed by atoms with van der Waals surface area (Å²) >= 11 is 5.77. The Bertz CT molecular complexity index is 940. The fourth-order valence-corrected chi connectivity index (χ4v) is 2.51. The molecule has 0 spiro atoms. The normalized spacial score (nSPS) is 12.7.